The van der Waals surface area contributed by atoms with Crippen LogP contribution in [0.2, 0.25) is 0 Å². The molecule has 0 saturated heterocycles. The van der Waals surface area contributed by atoms with E-state index >= 15 is 0 Å². The summed E-state index contributed by atoms with van der Waals surface area (Å²) in [4.78, 5) is 0. The van der Waals surface area contributed by atoms with Gasteiger partial charge < -0.3 is 30.6 Å². The highest BCUT2D eigenvalue weighted by molar-refractivity contribution is 5.40. The van der Waals surface area contributed by atoms with Gasteiger partial charge in [0.05, 0.1) is 0 Å². The SMILES string of the molecule is CC(Cc1ccc(CC(C)c2ccc(O)c(C(O)O)c2)cc1)c1ccc(O)c(C(O)O)c1. The van der Waals surface area contributed by atoms with Crippen molar-refractivity contribution in [3.05, 3.63) is 94.0 Å². The largest absolute Gasteiger partial charge is 0.507 e. The average Bonchev–Trinajstić information content (AvgIpc) is 2.75. The van der Waals surface area contributed by atoms with Gasteiger partial charge in [-0.15, -0.1) is 0 Å². The summed E-state index contributed by atoms with van der Waals surface area (Å²) in [6.07, 6.45) is -1.91. The Morgan fingerprint density at radius 2 is 0.906 bits per heavy atom. The predicted molar refractivity (Wildman–Crippen MR) is 121 cm³/mol. The van der Waals surface area contributed by atoms with Gasteiger partial charge >= 0.3 is 0 Å². The molecule has 32 heavy (non-hydrogen) atoms. The molecule has 0 bridgehead atoms. The van der Waals surface area contributed by atoms with Crippen LogP contribution in [0.15, 0.2) is 60.7 Å². The van der Waals surface area contributed by atoms with Crippen LogP contribution < -0.4 is 0 Å². The Bertz CT molecular complexity index is 958. The van der Waals surface area contributed by atoms with Gasteiger partial charge in [-0.3, -0.25) is 0 Å². The molecule has 6 N–H and O–H groups in total. The van der Waals surface area contributed by atoms with E-state index in [0.717, 1.165) is 35.1 Å². The van der Waals surface area contributed by atoms with Gasteiger partial charge in [0.2, 0.25) is 0 Å². The molecule has 6 nitrogen and oxygen atoms in total. The predicted octanol–water partition coefficient (Wildman–Crippen LogP) is 3.76. The van der Waals surface area contributed by atoms with E-state index in [1.807, 2.05) is 13.8 Å². The second-order valence-corrected chi connectivity index (χ2v) is 8.41. The number of benzene rings is 3. The van der Waals surface area contributed by atoms with E-state index in [0.29, 0.717) is 0 Å². The summed E-state index contributed by atoms with van der Waals surface area (Å²) in [5.41, 5.74) is 4.32. The molecule has 0 fully saturated rings. The lowest BCUT2D eigenvalue weighted by molar-refractivity contribution is -0.0446. The minimum atomic E-state index is -1.71. The second kappa shape index (κ2) is 10.1. The lowest BCUT2D eigenvalue weighted by Crippen LogP contribution is -2.03. The lowest BCUT2D eigenvalue weighted by Gasteiger charge is -2.17. The average molecular weight is 439 g/mol. The Labute approximate surface area is 187 Å². The number of phenolic OH excluding ortho intramolecular Hbond substituents is 2. The fourth-order valence-corrected chi connectivity index (χ4v) is 3.93. The van der Waals surface area contributed by atoms with Crippen molar-refractivity contribution >= 4 is 0 Å². The Morgan fingerprint density at radius 3 is 1.22 bits per heavy atom. The maximum absolute atomic E-state index is 9.76. The number of rotatable bonds is 8. The zero-order valence-corrected chi connectivity index (χ0v) is 18.2. The summed E-state index contributed by atoms with van der Waals surface area (Å²) in [6, 6.07) is 18.1. The van der Waals surface area contributed by atoms with Gasteiger partial charge in [0.25, 0.3) is 0 Å². The molecule has 2 atom stereocenters. The highest BCUT2D eigenvalue weighted by Crippen LogP contribution is 2.30. The quantitative estimate of drug-likeness (QED) is 0.298. The van der Waals surface area contributed by atoms with Crippen molar-refractivity contribution in [1.82, 2.24) is 0 Å². The summed E-state index contributed by atoms with van der Waals surface area (Å²) >= 11 is 0. The molecule has 170 valence electrons. The van der Waals surface area contributed by atoms with Crippen LogP contribution in [0.25, 0.3) is 0 Å². The maximum atomic E-state index is 9.76. The summed E-state index contributed by atoms with van der Waals surface area (Å²) in [7, 11) is 0. The molecule has 2 unspecified atom stereocenters. The maximum Gasteiger partial charge on any atom is 0.182 e. The first-order valence-corrected chi connectivity index (χ1v) is 10.6. The molecule has 0 aliphatic rings. The molecule has 0 saturated carbocycles. The fraction of sp³-hybridized carbons (Fsp3) is 0.308. The second-order valence-electron chi connectivity index (χ2n) is 8.41. The number of aliphatic hydroxyl groups excluding tert-OH is 2. The lowest BCUT2D eigenvalue weighted by atomic mass is 9.90. The van der Waals surface area contributed by atoms with Crippen molar-refractivity contribution in [2.24, 2.45) is 0 Å². The molecule has 0 amide bonds. The van der Waals surface area contributed by atoms with Gasteiger partial charge in [-0.1, -0.05) is 50.2 Å². The minimum absolute atomic E-state index is 0.102. The molecule has 0 heterocycles. The van der Waals surface area contributed by atoms with Crippen LogP contribution in [0, 0.1) is 0 Å². The molecule has 0 radical (unpaired) electrons. The first kappa shape index (κ1) is 23.8. The van der Waals surface area contributed by atoms with Crippen LogP contribution in [-0.4, -0.2) is 30.6 Å². The molecule has 0 aliphatic heterocycles. The molecule has 3 aromatic rings. The molecule has 6 heteroatoms. The van der Waals surface area contributed by atoms with Crippen molar-refractivity contribution in [3.63, 3.8) is 0 Å². The Morgan fingerprint density at radius 1 is 0.562 bits per heavy atom. The van der Waals surface area contributed by atoms with Crippen molar-refractivity contribution in [1.29, 1.82) is 0 Å². The third-order valence-corrected chi connectivity index (χ3v) is 5.90. The Hall–Kier alpha value is -2.90. The minimum Gasteiger partial charge on any atom is -0.507 e. The normalized spacial score (nSPS) is 13.5. The van der Waals surface area contributed by atoms with Gasteiger partial charge in [-0.2, -0.15) is 0 Å². The van der Waals surface area contributed by atoms with Crippen LogP contribution >= 0.6 is 0 Å². The van der Waals surface area contributed by atoms with Gasteiger partial charge in [0, 0.05) is 11.1 Å². The summed E-state index contributed by atoms with van der Waals surface area (Å²) in [5.74, 6) is -0.0243. The topological polar surface area (TPSA) is 121 Å². The number of hydrogen-bond donors (Lipinski definition) is 6. The van der Waals surface area contributed by atoms with Crippen LogP contribution in [-0.2, 0) is 12.8 Å². The van der Waals surface area contributed by atoms with E-state index < -0.39 is 12.6 Å². The van der Waals surface area contributed by atoms with E-state index in [2.05, 4.69) is 24.3 Å². The Kier molecular flexibility index (Phi) is 7.53. The van der Waals surface area contributed by atoms with Crippen LogP contribution in [0.1, 0.15) is 71.6 Å². The highest BCUT2D eigenvalue weighted by Gasteiger charge is 2.15. The Balaban J connectivity index is 1.66. The van der Waals surface area contributed by atoms with E-state index in [9.17, 15) is 30.6 Å². The summed E-state index contributed by atoms with van der Waals surface area (Å²) < 4.78 is 0. The number of hydrogen-bond acceptors (Lipinski definition) is 6. The van der Waals surface area contributed by atoms with E-state index in [4.69, 9.17) is 0 Å². The van der Waals surface area contributed by atoms with Crippen molar-refractivity contribution in [2.75, 3.05) is 0 Å². The van der Waals surface area contributed by atoms with E-state index in [-0.39, 0.29) is 34.5 Å². The molecular formula is C26H30O6. The fourth-order valence-electron chi connectivity index (χ4n) is 3.93. The first-order valence-electron chi connectivity index (χ1n) is 10.6. The monoisotopic (exact) mass is 438 g/mol. The van der Waals surface area contributed by atoms with Crippen molar-refractivity contribution < 1.29 is 30.6 Å². The van der Waals surface area contributed by atoms with E-state index in [1.54, 1.807) is 24.3 Å². The van der Waals surface area contributed by atoms with Gasteiger partial charge in [-0.05, 0) is 71.2 Å². The molecule has 3 rings (SSSR count). The van der Waals surface area contributed by atoms with Gasteiger partial charge in [-0.25, -0.2) is 0 Å². The zero-order valence-electron chi connectivity index (χ0n) is 18.2. The van der Waals surface area contributed by atoms with Gasteiger partial charge in [0.15, 0.2) is 12.6 Å². The van der Waals surface area contributed by atoms with Crippen molar-refractivity contribution in [3.8, 4) is 11.5 Å². The molecular weight excluding hydrogens is 408 g/mol. The van der Waals surface area contributed by atoms with Gasteiger partial charge in [0.1, 0.15) is 11.5 Å². The van der Waals surface area contributed by atoms with Crippen LogP contribution in [0.5, 0.6) is 11.5 Å². The molecule has 0 spiro atoms. The smallest absolute Gasteiger partial charge is 0.182 e. The summed E-state index contributed by atoms with van der Waals surface area (Å²) in [5, 5.41) is 57.1. The number of aliphatic hydroxyl groups is 4. The van der Waals surface area contributed by atoms with Crippen molar-refractivity contribution in [2.45, 2.75) is 51.1 Å². The molecule has 0 aromatic heterocycles. The van der Waals surface area contributed by atoms with E-state index in [1.165, 1.54) is 12.1 Å². The molecule has 3 aromatic carbocycles. The third-order valence-electron chi connectivity index (χ3n) is 5.90. The third kappa shape index (κ3) is 5.66. The summed E-state index contributed by atoms with van der Waals surface area (Å²) in [6.45, 7) is 4.10. The standard InChI is InChI=1S/C26H30O6/c1-15(19-7-9-23(27)21(13-19)25(29)30)11-17-3-5-18(6-4-17)12-16(2)20-8-10-24(28)22(14-20)26(31)32/h3-10,13-16,25-32H,11-12H2,1-2H3. The highest BCUT2D eigenvalue weighted by atomic mass is 16.5. The number of aromatic hydroxyl groups is 2. The molecule has 0 aliphatic carbocycles. The van der Waals surface area contributed by atoms with Crippen LogP contribution in [0.4, 0.5) is 0 Å². The first-order chi connectivity index (χ1) is 15.2. The van der Waals surface area contributed by atoms with Crippen LogP contribution in [0.3, 0.4) is 0 Å². The number of phenols is 2. The zero-order chi connectivity index (χ0) is 23.4.